The van der Waals surface area contributed by atoms with Crippen LogP contribution in [0.2, 0.25) is 0 Å². The maximum absolute atomic E-state index is 2.30. The predicted molar refractivity (Wildman–Crippen MR) is 124 cm³/mol. The molecule has 152 valence electrons. The molecule has 0 bridgehead atoms. The van der Waals surface area contributed by atoms with Gasteiger partial charge in [-0.15, -0.1) is 0 Å². The minimum absolute atomic E-state index is 1.22. The molecule has 0 spiro atoms. The van der Waals surface area contributed by atoms with E-state index >= 15 is 0 Å². The third-order valence-corrected chi connectivity index (χ3v) is 5.29. The van der Waals surface area contributed by atoms with Gasteiger partial charge in [0.05, 0.1) is 0 Å². The van der Waals surface area contributed by atoms with Crippen LogP contribution < -0.4 is 0 Å². The summed E-state index contributed by atoms with van der Waals surface area (Å²) < 4.78 is 0. The van der Waals surface area contributed by atoms with Crippen LogP contribution >= 0.6 is 0 Å². The van der Waals surface area contributed by atoms with E-state index in [4.69, 9.17) is 0 Å². The molecule has 0 nitrogen and oxygen atoms in total. The van der Waals surface area contributed by atoms with E-state index in [1.165, 1.54) is 109 Å². The lowest BCUT2D eigenvalue weighted by atomic mass is 10.0. The van der Waals surface area contributed by atoms with E-state index in [2.05, 4.69) is 60.8 Å². The van der Waals surface area contributed by atoms with Crippen molar-refractivity contribution in [3.05, 3.63) is 60.8 Å². The van der Waals surface area contributed by atoms with Crippen LogP contribution in [0.4, 0.5) is 0 Å². The van der Waals surface area contributed by atoms with Crippen molar-refractivity contribution in [1.82, 2.24) is 0 Å². The molecule has 0 aromatic carbocycles. The lowest BCUT2D eigenvalue weighted by Crippen LogP contribution is -1.83. The average Bonchev–Trinajstić information content (AvgIpc) is 2.68. The van der Waals surface area contributed by atoms with Crippen LogP contribution in [-0.2, 0) is 0 Å². The Hall–Kier alpha value is -1.30. The maximum Gasteiger partial charge on any atom is -0.0348 e. The van der Waals surface area contributed by atoms with Crippen molar-refractivity contribution in [3.63, 3.8) is 0 Å². The van der Waals surface area contributed by atoms with Gasteiger partial charge in [0.2, 0.25) is 0 Å². The fourth-order valence-electron chi connectivity index (χ4n) is 3.56. The van der Waals surface area contributed by atoms with Crippen LogP contribution in [0.15, 0.2) is 60.8 Å². The SMILES string of the molecule is C1=CCCCCCCCCCCCCCCCCC\C=C/C=C/C=C/C=C/1. The van der Waals surface area contributed by atoms with Crippen molar-refractivity contribution in [3.8, 4) is 0 Å². The average molecular weight is 369 g/mol. The summed E-state index contributed by atoms with van der Waals surface area (Å²) in [6, 6.07) is 0. The summed E-state index contributed by atoms with van der Waals surface area (Å²) in [4.78, 5) is 0. The van der Waals surface area contributed by atoms with E-state index in [1.807, 2.05) is 0 Å². The van der Waals surface area contributed by atoms with Gasteiger partial charge in [0, 0.05) is 0 Å². The molecule has 0 atom stereocenters. The highest BCUT2D eigenvalue weighted by atomic mass is 14.0. The van der Waals surface area contributed by atoms with Gasteiger partial charge in [0.15, 0.2) is 0 Å². The summed E-state index contributed by atoms with van der Waals surface area (Å²) in [7, 11) is 0. The fourth-order valence-corrected chi connectivity index (χ4v) is 3.56. The molecule has 1 aliphatic carbocycles. The number of hydrogen-bond acceptors (Lipinski definition) is 0. The predicted octanol–water partition coefficient (Wildman–Crippen LogP) is 9.41. The van der Waals surface area contributed by atoms with E-state index in [-0.39, 0.29) is 0 Å². The highest BCUT2D eigenvalue weighted by molar-refractivity contribution is 5.17. The summed E-state index contributed by atoms with van der Waals surface area (Å²) in [5.41, 5.74) is 0. The Morgan fingerprint density at radius 3 is 0.741 bits per heavy atom. The van der Waals surface area contributed by atoms with Gasteiger partial charge in [-0.05, 0) is 25.7 Å². The monoisotopic (exact) mass is 368 g/mol. The van der Waals surface area contributed by atoms with Crippen molar-refractivity contribution < 1.29 is 0 Å². The van der Waals surface area contributed by atoms with Gasteiger partial charge >= 0.3 is 0 Å². The molecule has 0 fully saturated rings. The standard InChI is InChI=1S/C27H44/c1-2-4-6-8-10-12-14-16-18-20-22-24-26-27-25-23-21-19-17-15-13-11-9-7-5-3-1/h1-10H,11-27H2/b2-1+,5-3+,6-4+,9-7-,10-8?. The van der Waals surface area contributed by atoms with Gasteiger partial charge in [-0.3, -0.25) is 0 Å². The Morgan fingerprint density at radius 1 is 0.222 bits per heavy atom. The Bertz CT molecular complexity index is 393. The normalized spacial score (nSPS) is 25.8. The number of hydrogen-bond donors (Lipinski definition) is 0. The van der Waals surface area contributed by atoms with E-state index in [0.717, 1.165) is 0 Å². The summed E-state index contributed by atoms with van der Waals surface area (Å²) in [6.45, 7) is 0. The minimum Gasteiger partial charge on any atom is -0.0845 e. The number of allylic oxidation sites excluding steroid dienone is 10. The zero-order chi connectivity index (χ0) is 19.1. The first-order chi connectivity index (χ1) is 13.5. The van der Waals surface area contributed by atoms with Crippen molar-refractivity contribution in [1.29, 1.82) is 0 Å². The molecule has 0 aliphatic heterocycles. The summed E-state index contributed by atoms with van der Waals surface area (Å²) in [5.74, 6) is 0. The maximum atomic E-state index is 2.30. The number of rotatable bonds is 0. The quantitative estimate of drug-likeness (QED) is 0.399. The van der Waals surface area contributed by atoms with Crippen LogP contribution in [0.3, 0.4) is 0 Å². The van der Waals surface area contributed by atoms with Gasteiger partial charge in [0.25, 0.3) is 0 Å². The van der Waals surface area contributed by atoms with Crippen LogP contribution in [0.5, 0.6) is 0 Å². The highest BCUT2D eigenvalue weighted by Crippen LogP contribution is 2.14. The van der Waals surface area contributed by atoms with Crippen LogP contribution in [0, 0.1) is 0 Å². The lowest BCUT2D eigenvalue weighted by molar-refractivity contribution is 0.531. The molecular formula is C27H44. The Kier molecular flexibility index (Phi) is 18.5. The molecule has 1 aliphatic rings. The molecule has 0 aromatic heterocycles. The largest absolute Gasteiger partial charge is 0.0845 e. The summed E-state index contributed by atoms with van der Waals surface area (Å²) in [6.07, 6.45) is 45.5. The third-order valence-electron chi connectivity index (χ3n) is 5.29. The molecule has 0 radical (unpaired) electrons. The molecule has 27 heavy (non-hydrogen) atoms. The topological polar surface area (TPSA) is 0 Å². The minimum atomic E-state index is 1.22. The first-order valence-corrected chi connectivity index (χ1v) is 11.8. The molecule has 0 saturated heterocycles. The molecule has 0 heterocycles. The van der Waals surface area contributed by atoms with Crippen LogP contribution in [0.1, 0.15) is 109 Å². The molecule has 0 aromatic rings. The van der Waals surface area contributed by atoms with Crippen LogP contribution in [0.25, 0.3) is 0 Å². The van der Waals surface area contributed by atoms with Crippen LogP contribution in [-0.4, -0.2) is 0 Å². The Balaban J connectivity index is 2.22. The first kappa shape index (κ1) is 23.7. The molecule has 0 amide bonds. The zero-order valence-electron chi connectivity index (χ0n) is 17.8. The lowest BCUT2D eigenvalue weighted by Gasteiger charge is -2.03. The van der Waals surface area contributed by atoms with E-state index in [1.54, 1.807) is 0 Å². The molecule has 0 heteroatoms. The first-order valence-electron chi connectivity index (χ1n) is 11.8. The van der Waals surface area contributed by atoms with Gasteiger partial charge in [-0.2, -0.15) is 0 Å². The van der Waals surface area contributed by atoms with Crippen molar-refractivity contribution in [2.75, 3.05) is 0 Å². The van der Waals surface area contributed by atoms with Crippen molar-refractivity contribution >= 4 is 0 Å². The zero-order valence-corrected chi connectivity index (χ0v) is 17.8. The second kappa shape index (κ2) is 21.0. The second-order valence-electron chi connectivity index (χ2n) is 7.89. The smallest absolute Gasteiger partial charge is 0.0348 e. The summed E-state index contributed by atoms with van der Waals surface area (Å²) >= 11 is 0. The molecule has 0 N–H and O–H groups in total. The molecule has 1 rings (SSSR count). The Labute approximate surface area is 170 Å². The molecule has 0 saturated carbocycles. The van der Waals surface area contributed by atoms with E-state index < -0.39 is 0 Å². The summed E-state index contributed by atoms with van der Waals surface area (Å²) in [5, 5.41) is 0. The van der Waals surface area contributed by atoms with E-state index in [9.17, 15) is 0 Å². The third kappa shape index (κ3) is 19.3. The van der Waals surface area contributed by atoms with Gasteiger partial charge in [-0.25, -0.2) is 0 Å². The van der Waals surface area contributed by atoms with Gasteiger partial charge in [0.1, 0.15) is 0 Å². The van der Waals surface area contributed by atoms with E-state index in [0.29, 0.717) is 0 Å². The van der Waals surface area contributed by atoms with Gasteiger partial charge < -0.3 is 0 Å². The second-order valence-corrected chi connectivity index (χ2v) is 7.89. The van der Waals surface area contributed by atoms with Crippen molar-refractivity contribution in [2.24, 2.45) is 0 Å². The van der Waals surface area contributed by atoms with Gasteiger partial charge in [-0.1, -0.05) is 144 Å². The van der Waals surface area contributed by atoms with Crippen molar-refractivity contribution in [2.45, 2.75) is 109 Å². The highest BCUT2D eigenvalue weighted by Gasteiger charge is 1.94. The fraction of sp³-hybridized carbons (Fsp3) is 0.630. The molecular weight excluding hydrogens is 324 g/mol. The molecule has 0 unspecified atom stereocenters. The Morgan fingerprint density at radius 2 is 0.444 bits per heavy atom.